The molecule has 0 aromatic carbocycles. The summed E-state index contributed by atoms with van der Waals surface area (Å²) in [6, 6.07) is 3.85. The normalized spacial score (nSPS) is 18.6. The van der Waals surface area contributed by atoms with Gasteiger partial charge in [0.15, 0.2) is 0 Å². The average Bonchev–Trinajstić information content (AvgIpc) is 2.77. The predicted octanol–water partition coefficient (Wildman–Crippen LogP) is 1.48. The second-order valence-electron chi connectivity index (χ2n) is 4.46. The minimum Gasteiger partial charge on any atom is -0.348 e. The number of amides is 1. The molecule has 1 aliphatic heterocycles. The summed E-state index contributed by atoms with van der Waals surface area (Å²) in [5, 5.41) is 6.28. The van der Waals surface area contributed by atoms with E-state index in [1.54, 1.807) is 0 Å². The monoisotopic (exact) mass is 287 g/mol. The number of nitrogens with zero attached hydrogens (tertiary/aromatic N) is 1. The first kappa shape index (κ1) is 13.8. The second-order valence-corrected chi connectivity index (χ2v) is 6.20. The van der Waals surface area contributed by atoms with Gasteiger partial charge < -0.3 is 10.6 Å². The molecule has 1 saturated heterocycles. The molecule has 1 aliphatic rings. The molecule has 0 aliphatic carbocycles. The first-order chi connectivity index (χ1) is 8.65. The maximum atomic E-state index is 11.9. The van der Waals surface area contributed by atoms with Gasteiger partial charge in [0.1, 0.15) is 0 Å². The lowest BCUT2D eigenvalue weighted by Gasteiger charge is -2.27. The van der Waals surface area contributed by atoms with Crippen molar-refractivity contribution < 1.29 is 4.79 Å². The van der Waals surface area contributed by atoms with Crippen LogP contribution in [0.25, 0.3) is 0 Å². The molecule has 2 rings (SSSR count). The Morgan fingerprint density at radius 3 is 2.89 bits per heavy atom. The zero-order chi connectivity index (χ0) is 13.0. The fourth-order valence-electron chi connectivity index (χ4n) is 1.99. The number of rotatable bonds is 4. The third-order valence-electron chi connectivity index (χ3n) is 2.98. The van der Waals surface area contributed by atoms with E-state index >= 15 is 0 Å². The van der Waals surface area contributed by atoms with Gasteiger partial charge in [-0.25, -0.2) is 0 Å². The number of halogens is 1. The molecule has 1 fully saturated rings. The molecular formula is C12H18ClN3OS. The molecular weight excluding hydrogens is 270 g/mol. The van der Waals surface area contributed by atoms with Crippen LogP contribution in [0.3, 0.4) is 0 Å². The highest BCUT2D eigenvalue weighted by Gasteiger charge is 2.16. The highest BCUT2D eigenvalue weighted by molar-refractivity contribution is 7.16. The molecule has 18 heavy (non-hydrogen) atoms. The average molecular weight is 288 g/mol. The van der Waals surface area contributed by atoms with Crippen LogP contribution in [0.15, 0.2) is 12.1 Å². The molecule has 2 heterocycles. The predicted molar refractivity (Wildman–Crippen MR) is 75.2 cm³/mol. The van der Waals surface area contributed by atoms with Gasteiger partial charge in [0, 0.05) is 31.1 Å². The van der Waals surface area contributed by atoms with Crippen LogP contribution in [-0.4, -0.2) is 43.5 Å². The standard InChI is InChI=1S/C12H18ClN3OS/c1-9(10-2-3-11(13)18-10)15-12(17)8-16-6-4-14-5-7-16/h2-3,9,14H,4-8H2,1H3,(H,15,17). The zero-order valence-corrected chi connectivity index (χ0v) is 12.0. The molecule has 1 atom stereocenters. The largest absolute Gasteiger partial charge is 0.348 e. The van der Waals surface area contributed by atoms with Crippen molar-refractivity contribution in [1.29, 1.82) is 0 Å². The Labute approximate surface area is 116 Å². The summed E-state index contributed by atoms with van der Waals surface area (Å²) in [7, 11) is 0. The molecule has 4 nitrogen and oxygen atoms in total. The van der Waals surface area contributed by atoms with Crippen LogP contribution < -0.4 is 10.6 Å². The summed E-state index contributed by atoms with van der Waals surface area (Å²) < 4.78 is 0.758. The van der Waals surface area contributed by atoms with E-state index in [1.807, 2.05) is 19.1 Å². The fourth-order valence-corrected chi connectivity index (χ4v) is 3.05. The van der Waals surface area contributed by atoms with E-state index in [0.717, 1.165) is 35.4 Å². The van der Waals surface area contributed by atoms with E-state index in [0.29, 0.717) is 6.54 Å². The van der Waals surface area contributed by atoms with Gasteiger partial charge in [0.05, 0.1) is 16.9 Å². The number of carbonyl (C=O) groups excluding carboxylic acids is 1. The van der Waals surface area contributed by atoms with E-state index in [2.05, 4.69) is 15.5 Å². The third kappa shape index (κ3) is 3.95. The maximum absolute atomic E-state index is 11.9. The summed E-state index contributed by atoms with van der Waals surface area (Å²) in [4.78, 5) is 15.2. The molecule has 1 amide bonds. The Morgan fingerprint density at radius 2 is 2.28 bits per heavy atom. The lowest BCUT2D eigenvalue weighted by atomic mass is 10.2. The van der Waals surface area contributed by atoms with Crippen molar-refractivity contribution in [2.75, 3.05) is 32.7 Å². The molecule has 0 radical (unpaired) electrons. The molecule has 0 saturated carbocycles. The van der Waals surface area contributed by atoms with Gasteiger partial charge in [-0.3, -0.25) is 9.69 Å². The Kier molecular flexibility index (Phi) is 5.00. The number of piperazine rings is 1. The van der Waals surface area contributed by atoms with Crippen molar-refractivity contribution >= 4 is 28.8 Å². The van der Waals surface area contributed by atoms with E-state index in [9.17, 15) is 4.79 Å². The summed E-state index contributed by atoms with van der Waals surface area (Å²) in [6.07, 6.45) is 0. The van der Waals surface area contributed by atoms with Gasteiger partial charge in [0.25, 0.3) is 0 Å². The minimum absolute atomic E-state index is 0.0258. The Hall–Kier alpha value is -0.620. The lowest BCUT2D eigenvalue weighted by molar-refractivity contribution is -0.123. The molecule has 100 valence electrons. The van der Waals surface area contributed by atoms with Crippen molar-refractivity contribution in [3.63, 3.8) is 0 Å². The summed E-state index contributed by atoms with van der Waals surface area (Å²) in [5.74, 6) is 0.0777. The number of carbonyl (C=O) groups is 1. The number of hydrogen-bond acceptors (Lipinski definition) is 4. The van der Waals surface area contributed by atoms with Gasteiger partial charge in [-0.05, 0) is 19.1 Å². The lowest BCUT2D eigenvalue weighted by Crippen LogP contribution is -2.47. The zero-order valence-electron chi connectivity index (χ0n) is 10.4. The van der Waals surface area contributed by atoms with Gasteiger partial charge in [-0.2, -0.15) is 0 Å². The molecule has 0 spiro atoms. The molecule has 1 unspecified atom stereocenters. The van der Waals surface area contributed by atoms with Crippen LogP contribution in [0.4, 0.5) is 0 Å². The Balaban J connectivity index is 1.79. The number of thiophene rings is 1. The maximum Gasteiger partial charge on any atom is 0.234 e. The van der Waals surface area contributed by atoms with Crippen molar-refractivity contribution in [2.45, 2.75) is 13.0 Å². The Bertz CT molecular complexity index is 404. The fraction of sp³-hybridized carbons (Fsp3) is 0.583. The van der Waals surface area contributed by atoms with Crippen LogP contribution in [0.5, 0.6) is 0 Å². The van der Waals surface area contributed by atoms with Crippen LogP contribution in [0.2, 0.25) is 4.34 Å². The van der Waals surface area contributed by atoms with Crippen molar-refractivity contribution in [3.8, 4) is 0 Å². The topological polar surface area (TPSA) is 44.4 Å². The smallest absolute Gasteiger partial charge is 0.234 e. The Morgan fingerprint density at radius 1 is 1.56 bits per heavy atom. The summed E-state index contributed by atoms with van der Waals surface area (Å²) in [6.45, 7) is 6.26. The third-order valence-corrected chi connectivity index (χ3v) is 4.39. The first-order valence-corrected chi connectivity index (χ1v) is 7.32. The summed E-state index contributed by atoms with van der Waals surface area (Å²) >= 11 is 7.40. The second kappa shape index (κ2) is 6.52. The van der Waals surface area contributed by atoms with Crippen LogP contribution in [0, 0.1) is 0 Å². The number of hydrogen-bond donors (Lipinski definition) is 2. The SMILES string of the molecule is CC(NC(=O)CN1CCNCC1)c1ccc(Cl)s1. The van der Waals surface area contributed by atoms with Gasteiger partial charge in [0.2, 0.25) is 5.91 Å². The molecule has 1 aromatic heterocycles. The molecule has 6 heteroatoms. The van der Waals surface area contributed by atoms with Crippen LogP contribution in [0.1, 0.15) is 17.8 Å². The van der Waals surface area contributed by atoms with Gasteiger partial charge in [-0.1, -0.05) is 11.6 Å². The molecule has 0 bridgehead atoms. The van der Waals surface area contributed by atoms with Gasteiger partial charge >= 0.3 is 0 Å². The highest BCUT2D eigenvalue weighted by atomic mass is 35.5. The minimum atomic E-state index is 0.0258. The van der Waals surface area contributed by atoms with Crippen molar-refractivity contribution in [3.05, 3.63) is 21.3 Å². The number of nitrogens with one attached hydrogen (secondary N) is 2. The van der Waals surface area contributed by atoms with Crippen molar-refractivity contribution in [2.24, 2.45) is 0 Å². The summed E-state index contributed by atoms with van der Waals surface area (Å²) in [5.41, 5.74) is 0. The molecule has 2 N–H and O–H groups in total. The molecule has 1 aromatic rings. The van der Waals surface area contributed by atoms with E-state index < -0.39 is 0 Å². The van der Waals surface area contributed by atoms with Crippen molar-refractivity contribution in [1.82, 2.24) is 15.5 Å². The van der Waals surface area contributed by atoms with E-state index in [-0.39, 0.29) is 11.9 Å². The first-order valence-electron chi connectivity index (χ1n) is 6.13. The quantitative estimate of drug-likeness (QED) is 0.882. The van der Waals surface area contributed by atoms with E-state index in [4.69, 9.17) is 11.6 Å². The van der Waals surface area contributed by atoms with E-state index in [1.165, 1.54) is 11.3 Å². The van der Waals surface area contributed by atoms with Crippen LogP contribution in [-0.2, 0) is 4.79 Å². The van der Waals surface area contributed by atoms with Gasteiger partial charge in [-0.15, -0.1) is 11.3 Å². The highest BCUT2D eigenvalue weighted by Crippen LogP contribution is 2.26. The van der Waals surface area contributed by atoms with Crippen LogP contribution >= 0.6 is 22.9 Å².